The van der Waals surface area contributed by atoms with Gasteiger partial charge in [0.1, 0.15) is 6.61 Å². The monoisotopic (exact) mass is 225 g/mol. The van der Waals surface area contributed by atoms with Gasteiger partial charge in [-0.15, -0.1) is 0 Å². The van der Waals surface area contributed by atoms with Crippen LogP contribution in [-0.4, -0.2) is 23.9 Å². The molecule has 4 heteroatoms. The van der Waals surface area contributed by atoms with Crippen LogP contribution in [0.1, 0.15) is 33.1 Å². The summed E-state index contributed by atoms with van der Waals surface area (Å²) in [4.78, 5) is 16.1. The highest BCUT2D eigenvalue weighted by atomic mass is 16.6. The number of carboxylic acids is 1. The highest BCUT2D eigenvalue weighted by Gasteiger charge is 2.61. The fourth-order valence-electron chi connectivity index (χ4n) is 2.34. The first-order valence-corrected chi connectivity index (χ1v) is 5.91. The summed E-state index contributed by atoms with van der Waals surface area (Å²) in [5.74, 6) is -0.352. The van der Waals surface area contributed by atoms with Gasteiger partial charge in [-0.3, -0.25) is 4.79 Å². The van der Waals surface area contributed by atoms with Crippen LogP contribution in [-0.2, 0) is 9.63 Å². The Hall–Kier alpha value is -1.06. The van der Waals surface area contributed by atoms with Crippen LogP contribution >= 0.6 is 0 Å². The molecule has 2 aliphatic carbocycles. The molecule has 2 atom stereocenters. The molecule has 4 nitrogen and oxygen atoms in total. The Kier molecular flexibility index (Phi) is 2.91. The number of aliphatic carboxylic acids is 1. The number of carbonyl (C=O) groups is 1. The van der Waals surface area contributed by atoms with Crippen LogP contribution in [0.3, 0.4) is 0 Å². The van der Waals surface area contributed by atoms with Gasteiger partial charge in [0, 0.05) is 12.1 Å². The van der Waals surface area contributed by atoms with E-state index in [2.05, 4.69) is 5.16 Å². The molecule has 0 aromatic rings. The molecule has 0 spiro atoms. The Morgan fingerprint density at radius 3 is 2.69 bits per heavy atom. The molecule has 0 bridgehead atoms. The predicted octanol–water partition coefficient (Wildman–Crippen LogP) is 2.15. The minimum absolute atomic E-state index is 0.0198. The molecule has 2 saturated carbocycles. The van der Waals surface area contributed by atoms with E-state index < -0.39 is 5.97 Å². The molecular formula is C12H19NO3. The van der Waals surface area contributed by atoms with E-state index in [0.717, 1.165) is 0 Å². The van der Waals surface area contributed by atoms with Gasteiger partial charge in [0.25, 0.3) is 0 Å². The quantitative estimate of drug-likeness (QED) is 0.576. The standard InChI is InChI=1S/C12H19NO3/c1-12(2)9(10(12)11(14)15)6-13-16-7-8-4-3-5-8/h6,8-10H,3-5,7H2,1-2H3,(H,14,15)/t9-,10-/m1/s1. The highest BCUT2D eigenvalue weighted by Crippen LogP contribution is 2.57. The molecular weight excluding hydrogens is 206 g/mol. The minimum Gasteiger partial charge on any atom is -0.481 e. The normalized spacial score (nSPS) is 32.4. The molecule has 2 fully saturated rings. The number of carboxylic acid groups (broad SMARTS) is 1. The van der Waals surface area contributed by atoms with Gasteiger partial charge in [-0.2, -0.15) is 0 Å². The van der Waals surface area contributed by atoms with E-state index in [-0.39, 0.29) is 17.3 Å². The van der Waals surface area contributed by atoms with Gasteiger partial charge in [-0.25, -0.2) is 0 Å². The second-order valence-electron chi connectivity index (χ2n) is 5.51. The lowest BCUT2D eigenvalue weighted by molar-refractivity contribution is -0.139. The molecule has 0 amide bonds. The average molecular weight is 225 g/mol. The van der Waals surface area contributed by atoms with Gasteiger partial charge in [-0.1, -0.05) is 25.4 Å². The molecule has 0 heterocycles. The number of nitrogens with zero attached hydrogens (tertiary/aromatic N) is 1. The first-order valence-electron chi connectivity index (χ1n) is 5.91. The van der Waals surface area contributed by atoms with Crippen molar-refractivity contribution in [3.05, 3.63) is 0 Å². The molecule has 0 aromatic carbocycles. The summed E-state index contributed by atoms with van der Waals surface area (Å²) >= 11 is 0. The van der Waals surface area contributed by atoms with Crippen LogP contribution in [0.25, 0.3) is 0 Å². The minimum atomic E-state index is -0.736. The second-order valence-corrected chi connectivity index (χ2v) is 5.51. The summed E-state index contributed by atoms with van der Waals surface area (Å²) in [6.45, 7) is 4.59. The van der Waals surface area contributed by atoms with E-state index >= 15 is 0 Å². The summed E-state index contributed by atoms with van der Waals surface area (Å²) < 4.78 is 0. The maximum Gasteiger partial charge on any atom is 0.307 e. The van der Waals surface area contributed by atoms with E-state index in [9.17, 15) is 4.79 Å². The average Bonchev–Trinajstić information content (AvgIpc) is 2.65. The molecule has 0 unspecified atom stereocenters. The van der Waals surface area contributed by atoms with E-state index in [4.69, 9.17) is 9.94 Å². The molecule has 0 aliphatic heterocycles. The molecule has 0 aromatic heterocycles. The van der Waals surface area contributed by atoms with Crippen molar-refractivity contribution in [2.24, 2.45) is 28.3 Å². The molecule has 1 N–H and O–H groups in total. The number of rotatable bonds is 5. The number of oxime groups is 1. The predicted molar refractivity (Wildman–Crippen MR) is 60.2 cm³/mol. The van der Waals surface area contributed by atoms with Crippen molar-refractivity contribution in [1.29, 1.82) is 0 Å². The van der Waals surface area contributed by atoms with E-state index in [0.29, 0.717) is 12.5 Å². The Morgan fingerprint density at radius 2 is 2.25 bits per heavy atom. The smallest absolute Gasteiger partial charge is 0.307 e. The third-order valence-electron chi connectivity index (χ3n) is 4.01. The summed E-state index contributed by atoms with van der Waals surface area (Å²) in [5, 5.41) is 12.8. The van der Waals surface area contributed by atoms with Crippen molar-refractivity contribution in [3.63, 3.8) is 0 Å². The topological polar surface area (TPSA) is 58.9 Å². The number of hydrogen-bond acceptors (Lipinski definition) is 3. The summed E-state index contributed by atoms with van der Waals surface area (Å²) in [5.41, 5.74) is -0.171. The number of hydrogen-bond donors (Lipinski definition) is 1. The van der Waals surface area contributed by atoms with Crippen molar-refractivity contribution in [1.82, 2.24) is 0 Å². The zero-order chi connectivity index (χ0) is 11.8. The Labute approximate surface area is 95.7 Å². The molecule has 0 saturated heterocycles. The van der Waals surface area contributed by atoms with Crippen LogP contribution in [0.5, 0.6) is 0 Å². The zero-order valence-corrected chi connectivity index (χ0v) is 9.85. The summed E-state index contributed by atoms with van der Waals surface area (Å²) in [7, 11) is 0. The molecule has 90 valence electrons. The van der Waals surface area contributed by atoms with Gasteiger partial charge in [0.05, 0.1) is 5.92 Å². The SMILES string of the molecule is CC1(C)[C@H](C=NOCC2CCC2)[C@@H]1C(=O)O. The van der Waals surface area contributed by atoms with E-state index in [1.54, 1.807) is 6.21 Å². The fraction of sp³-hybridized carbons (Fsp3) is 0.833. The van der Waals surface area contributed by atoms with Gasteiger partial charge < -0.3 is 9.94 Å². The maximum atomic E-state index is 10.9. The lowest BCUT2D eigenvalue weighted by Crippen LogP contribution is -2.16. The van der Waals surface area contributed by atoms with Crippen LogP contribution in [0.15, 0.2) is 5.16 Å². The third kappa shape index (κ3) is 2.06. The lowest BCUT2D eigenvalue weighted by atomic mass is 9.86. The van der Waals surface area contributed by atoms with Crippen LogP contribution < -0.4 is 0 Å². The van der Waals surface area contributed by atoms with Crippen LogP contribution in [0.4, 0.5) is 0 Å². The van der Waals surface area contributed by atoms with Crippen molar-refractivity contribution in [2.75, 3.05) is 6.61 Å². The first kappa shape index (κ1) is 11.4. The van der Waals surface area contributed by atoms with E-state index in [1.165, 1.54) is 19.3 Å². The lowest BCUT2D eigenvalue weighted by Gasteiger charge is -2.23. The maximum absolute atomic E-state index is 10.9. The van der Waals surface area contributed by atoms with Crippen LogP contribution in [0, 0.1) is 23.2 Å². The Balaban J connectivity index is 1.73. The molecule has 0 radical (unpaired) electrons. The fourth-order valence-corrected chi connectivity index (χ4v) is 2.34. The van der Waals surface area contributed by atoms with Crippen molar-refractivity contribution < 1.29 is 14.7 Å². The Morgan fingerprint density at radius 1 is 1.56 bits per heavy atom. The van der Waals surface area contributed by atoms with Crippen molar-refractivity contribution in [3.8, 4) is 0 Å². The van der Waals surface area contributed by atoms with Gasteiger partial charge in [0.2, 0.25) is 0 Å². The largest absolute Gasteiger partial charge is 0.481 e. The van der Waals surface area contributed by atoms with Gasteiger partial charge in [0.15, 0.2) is 0 Å². The summed E-state index contributed by atoms with van der Waals surface area (Å²) in [6, 6.07) is 0. The Bertz CT molecular complexity index is 307. The summed E-state index contributed by atoms with van der Waals surface area (Å²) in [6.07, 6.45) is 5.44. The van der Waals surface area contributed by atoms with E-state index in [1.807, 2.05) is 13.8 Å². The van der Waals surface area contributed by atoms with Gasteiger partial charge >= 0.3 is 5.97 Å². The zero-order valence-electron chi connectivity index (χ0n) is 9.85. The molecule has 2 aliphatic rings. The van der Waals surface area contributed by atoms with Crippen LogP contribution in [0.2, 0.25) is 0 Å². The van der Waals surface area contributed by atoms with Crippen molar-refractivity contribution >= 4 is 12.2 Å². The first-order chi connectivity index (χ1) is 7.53. The third-order valence-corrected chi connectivity index (χ3v) is 4.01. The highest BCUT2D eigenvalue weighted by molar-refractivity contribution is 5.84. The second kappa shape index (κ2) is 4.07. The van der Waals surface area contributed by atoms with Gasteiger partial charge in [-0.05, 0) is 24.2 Å². The van der Waals surface area contributed by atoms with Crippen molar-refractivity contribution in [2.45, 2.75) is 33.1 Å². The molecule has 2 rings (SSSR count). The molecule has 16 heavy (non-hydrogen) atoms.